The quantitative estimate of drug-likeness (QED) is 0.532. The standard InChI is InChI=1S/C12H22N2O2S/c1-9-7-12(8-9,10(13)17)11(15)14-5-3-4-6-16-2/h9H,3-8H2,1-2H3,(H2,13,17)(H,14,15). The van der Waals surface area contributed by atoms with Crippen molar-refractivity contribution in [2.45, 2.75) is 32.6 Å². The van der Waals surface area contributed by atoms with E-state index in [0.29, 0.717) is 17.5 Å². The first-order valence-electron chi connectivity index (χ1n) is 6.10. The van der Waals surface area contributed by atoms with Crippen LogP contribution < -0.4 is 11.1 Å². The van der Waals surface area contributed by atoms with Crippen LogP contribution in [0.15, 0.2) is 0 Å². The van der Waals surface area contributed by atoms with Crippen molar-refractivity contribution in [1.82, 2.24) is 5.32 Å². The minimum absolute atomic E-state index is 0.000479. The number of carbonyl (C=O) groups excluding carboxylic acids is 1. The maximum atomic E-state index is 12.1. The fourth-order valence-corrected chi connectivity index (χ4v) is 2.63. The predicted octanol–water partition coefficient (Wildman–Crippen LogP) is 1.23. The molecule has 0 spiro atoms. The molecule has 0 unspecified atom stereocenters. The highest BCUT2D eigenvalue weighted by Crippen LogP contribution is 2.45. The molecule has 0 bridgehead atoms. The molecule has 0 aromatic heterocycles. The van der Waals surface area contributed by atoms with Crippen LogP contribution >= 0.6 is 12.2 Å². The van der Waals surface area contributed by atoms with E-state index in [1.54, 1.807) is 7.11 Å². The van der Waals surface area contributed by atoms with Crippen LogP contribution in [0.25, 0.3) is 0 Å². The summed E-state index contributed by atoms with van der Waals surface area (Å²) in [6.07, 6.45) is 3.44. The molecule has 1 aliphatic rings. The largest absolute Gasteiger partial charge is 0.392 e. The molecule has 5 heteroatoms. The Bertz CT molecular complexity index is 288. The van der Waals surface area contributed by atoms with Crippen LogP contribution in [0.2, 0.25) is 0 Å². The van der Waals surface area contributed by atoms with Crippen LogP contribution in [0.3, 0.4) is 0 Å². The van der Waals surface area contributed by atoms with Gasteiger partial charge in [0, 0.05) is 20.3 Å². The van der Waals surface area contributed by atoms with E-state index in [-0.39, 0.29) is 5.91 Å². The zero-order valence-electron chi connectivity index (χ0n) is 10.6. The van der Waals surface area contributed by atoms with Crippen LogP contribution in [0, 0.1) is 11.3 Å². The first-order chi connectivity index (χ1) is 8.03. The molecule has 1 rings (SSSR count). The molecule has 1 amide bonds. The van der Waals surface area contributed by atoms with E-state index < -0.39 is 5.41 Å². The van der Waals surface area contributed by atoms with Gasteiger partial charge in [-0.2, -0.15) is 0 Å². The molecule has 0 aromatic carbocycles. The Hall–Kier alpha value is -0.680. The number of nitrogens with one attached hydrogen (secondary N) is 1. The molecule has 0 heterocycles. The third kappa shape index (κ3) is 3.39. The van der Waals surface area contributed by atoms with Crippen LogP contribution in [-0.4, -0.2) is 31.2 Å². The maximum Gasteiger partial charge on any atom is 0.233 e. The number of hydrogen-bond donors (Lipinski definition) is 2. The molecule has 1 saturated carbocycles. The summed E-state index contributed by atoms with van der Waals surface area (Å²) in [6, 6.07) is 0. The first-order valence-corrected chi connectivity index (χ1v) is 6.51. The second kappa shape index (κ2) is 6.31. The molecular weight excluding hydrogens is 236 g/mol. The van der Waals surface area contributed by atoms with E-state index in [1.165, 1.54) is 0 Å². The van der Waals surface area contributed by atoms with Gasteiger partial charge in [-0.05, 0) is 31.6 Å². The summed E-state index contributed by atoms with van der Waals surface area (Å²) in [4.78, 5) is 12.4. The van der Waals surface area contributed by atoms with Crippen LogP contribution in [0.1, 0.15) is 32.6 Å². The van der Waals surface area contributed by atoms with Gasteiger partial charge in [0.2, 0.25) is 5.91 Å². The summed E-state index contributed by atoms with van der Waals surface area (Å²) < 4.78 is 4.95. The summed E-state index contributed by atoms with van der Waals surface area (Å²) in [5, 5.41) is 2.92. The van der Waals surface area contributed by atoms with Gasteiger partial charge in [0.1, 0.15) is 0 Å². The van der Waals surface area contributed by atoms with Crippen LogP contribution in [-0.2, 0) is 9.53 Å². The lowest BCUT2D eigenvalue weighted by atomic mass is 9.62. The van der Waals surface area contributed by atoms with Gasteiger partial charge in [-0.3, -0.25) is 4.79 Å². The molecule has 0 radical (unpaired) electrons. The van der Waals surface area contributed by atoms with Gasteiger partial charge in [-0.15, -0.1) is 0 Å². The Morgan fingerprint density at radius 3 is 2.65 bits per heavy atom. The van der Waals surface area contributed by atoms with Crippen molar-refractivity contribution < 1.29 is 9.53 Å². The second-order valence-corrected chi connectivity index (χ2v) is 5.36. The van der Waals surface area contributed by atoms with Gasteiger partial charge in [-0.1, -0.05) is 19.1 Å². The second-order valence-electron chi connectivity index (χ2n) is 4.92. The fourth-order valence-electron chi connectivity index (χ4n) is 2.37. The highest BCUT2D eigenvalue weighted by Gasteiger charge is 2.50. The van der Waals surface area contributed by atoms with Crippen molar-refractivity contribution in [3.63, 3.8) is 0 Å². The van der Waals surface area contributed by atoms with Crippen molar-refractivity contribution in [3.8, 4) is 0 Å². The van der Waals surface area contributed by atoms with Gasteiger partial charge in [0.05, 0.1) is 10.4 Å². The minimum Gasteiger partial charge on any atom is -0.392 e. The number of nitrogens with two attached hydrogens (primary N) is 1. The Morgan fingerprint density at radius 1 is 1.53 bits per heavy atom. The number of hydrogen-bond acceptors (Lipinski definition) is 3. The van der Waals surface area contributed by atoms with E-state index in [2.05, 4.69) is 12.2 Å². The Morgan fingerprint density at radius 2 is 2.18 bits per heavy atom. The topological polar surface area (TPSA) is 64.3 Å². The Labute approximate surface area is 108 Å². The molecule has 1 fully saturated rings. The molecule has 0 atom stereocenters. The Kier molecular flexibility index (Phi) is 5.33. The summed E-state index contributed by atoms with van der Waals surface area (Å²) >= 11 is 5.03. The molecule has 3 N–H and O–H groups in total. The molecule has 1 aliphatic carbocycles. The van der Waals surface area contributed by atoms with Crippen molar-refractivity contribution in [2.75, 3.05) is 20.3 Å². The van der Waals surface area contributed by atoms with Crippen molar-refractivity contribution in [1.29, 1.82) is 0 Å². The van der Waals surface area contributed by atoms with Crippen molar-refractivity contribution in [2.24, 2.45) is 17.1 Å². The summed E-state index contributed by atoms with van der Waals surface area (Å²) in [5.74, 6) is 0.538. The van der Waals surface area contributed by atoms with Gasteiger partial charge < -0.3 is 15.8 Å². The van der Waals surface area contributed by atoms with E-state index in [0.717, 1.165) is 32.3 Å². The molecule has 0 aliphatic heterocycles. The number of amides is 1. The first kappa shape index (κ1) is 14.4. The number of carbonyl (C=O) groups is 1. The SMILES string of the molecule is COCCCCNC(=O)C1(C(N)=S)CC(C)C1. The maximum absolute atomic E-state index is 12.1. The highest BCUT2D eigenvalue weighted by molar-refractivity contribution is 7.80. The third-order valence-electron chi connectivity index (χ3n) is 3.36. The van der Waals surface area contributed by atoms with E-state index in [9.17, 15) is 4.79 Å². The summed E-state index contributed by atoms with van der Waals surface area (Å²) in [6.45, 7) is 3.51. The van der Waals surface area contributed by atoms with Crippen molar-refractivity contribution >= 4 is 23.1 Å². The number of methoxy groups -OCH3 is 1. The van der Waals surface area contributed by atoms with Gasteiger partial charge >= 0.3 is 0 Å². The zero-order chi connectivity index (χ0) is 12.9. The molecular formula is C12H22N2O2S. The molecule has 4 nitrogen and oxygen atoms in total. The number of rotatable bonds is 7. The fraction of sp³-hybridized carbons (Fsp3) is 0.833. The molecule has 0 aromatic rings. The van der Waals surface area contributed by atoms with E-state index in [1.807, 2.05) is 0 Å². The normalized spacial score (nSPS) is 27.3. The zero-order valence-corrected chi connectivity index (χ0v) is 11.4. The van der Waals surface area contributed by atoms with E-state index >= 15 is 0 Å². The lowest BCUT2D eigenvalue weighted by molar-refractivity contribution is -0.132. The van der Waals surface area contributed by atoms with E-state index in [4.69, 9.17) is 22.7 Å². The van der Waals surface area contributed by atoms with Gasteiger partial charge in [0.15, 0.2) is 0 Å². The number of ether oxygens (including phenoxy) is 1. The van der Waals surface area contributed by atoms with Crippen LogP contribution in [0.4, 0.5) is 0 Å². The third-order valence-corrected chi connectivity index (χ3v) is 3.75. The summed E-state index contributed by atoms with van der Waals surface area (Å²) in [5.41, 5.74) is 5.12. The minimum atomic E-state index is -0.573. The average molecular weight is 258 g/mol. The Balaban J connectivity index is 2.33. The monoisotopic (exact) mass is 258 g/mol. The average Bonchev–Trinajstić information content (AvgIpc) is 2.23. The lowest BCUT2D eigenvalue weighted by Gasteiger charge is -2.44. The summed E-state index contributed by atoms with van der Waals surface area (Å²) in [7, 11) is 1.68. The lowest BCUT2D eigenvalue weighted by Crippen LogP contribution is -2.56. The van der Waals surface area contributed by atoms with Gasteiger partial charge in [0.25, 0.3) is 0 Å². The number of thiocarbonyl (C=S) groups is 1. The molecule has 98 valence electrons. The predicted molar refractivity (Wildman–Crippen MR) is 71.7 cm³/mol. The van der Waals surface area contributed by atoms with Gasteiger partial charge in [-0.25, -0.2) is 0 Å². The highest BCUT2D eigenvalue weighted by atomic mass is 32.1. The molecule has 17 heavy (non-hydrogen) atoms. The molecule has 0 saturated heterocycles. The van der Waals surface area contributed by atoms with Crippen LogP contribution in [0.5, 0.6) is 0 Å². The number of unbranched alkanes of at least 4 members (excludes halogenated alkanes) is 1. The smallest absolute Gasteiger partial charge is 0.233 e. The van der Waals surface area contributed by atoms with Crippen molar-refractivity contribution in [3.05, 3.63) is 0 Å².